The lowest BCUT2D eigenvalue weighted by atomic mass is 9.97. The Morgan fingerprint density at radius 2 is 2.15 bits per heavy atom. The molecule has 7 heteroatoms. The minimum absolute atomic E-state index is 0.418. The smallest absolute Gasteiger partial charge is 0.130 e. The molecule has 5 rings (SSSR count). The summed E-state index contributed by atoms with van der Waals surface area (Å²) in [5.41, 5.74) is 8.18. The number of benzene rings is 1. The Morgan fingerprint density at radius 1 is 1.30 bits per heavy atom. The molecule has 0 bridgehead atoms. The van der Waals surface area contributed by atoms with Crippen LogP contribution in [0.25, 0.3) is 22.3 Å². The van der Waals surface area contributed by atoms with Gasteiger partial charge in [0.2, 0.25) is 0 Å². The quantitative estimate of drug-likeness (QED) is 0.727. The number of ether oxygens (including phenoxy) is 1. The lowest BCUT2D eigenvalue weighted by Crippen LogP contribution is -2.32. The number of fused-ring (bicyclic) bond motifs is 6. The Morgan fingerprint density at radius 3 is 2.96 bits per heavy atom. The molecule has 3 aromatic rings. The summed E-state index contributed by atoms with van der Waals surface area (Å²) in [7, 11) is 0.570. The highest BCUT2D eigenvalue weighted by Crippen LogP contribution is 2.47. The summed E-state index contributed by atoms with van der Waals surface area (Å²) in [4.78, 5) is 3.63. The van der Waals surface area contributed by atoms with Crippen LogP contribution in [0.1, 0.15) is 37.0 Å². The van der Waals surface area contributed by atoms with Gasteiger partial charge in [0.15, 0.2) is 0 Å². The van der Waals surface area contributed by atoms with E-state index in [0.717, 1.165) is 47.4 Å². The van der Waals surface area contributed by atoms with Crippen LogP contribution in [0.4, 0.5) is 5.69 Å². The third kappa shape index (κ3) is 2.34. The van der Waals surface area contributed by atoms with Crippen molar-refractivity contribution in [3.8, 4) is 11.4 Å². The van der Waals surface area contributed by atoms with Crippen LogP contribution in [0.15, 0.2) is 18.3 Å². The molecule has 2 N–H and O–H groups in total. The van der Waals surface area contributed by atoms with E-state index >= 15 is 0 Å². The number of nitrogens with zero attached hydrogens (tertiary/aromatic N) is 2. The standard InChI is InChI=1S/C20H24N4O2S/c1-20(2)15-10-16-14(9-17(15)24(27(20)25)7-8-26-3)13-6-4-5-12-11-21-23-18(12)19(13)22-16/h9-11,22H,4-8H2,1-3H3,(H,21,23). The molecule has 3 heterocycles. The maximum atomic E-state index is 13.1. The Hall–Kier alpha value is -2.12. The number of rotatable bonds is 3. The zero-order valence-corrected chi connectivity index (χ0v) is 16.7. The van der Waals surface area contributed by atoms with Crippen LogP contribution in [-0.4, -0.2) is 39.7 Å². The van der Waals surface area contributed by atoms with Gasteiger partial charge in [-0.05, 0) is 61.9 Å². The van der Waals surface area contributed by atoms with E-state index < -0.39 is 15.7 Å². The lowest BCUT2D eigenvalue weighted by molar-refractivity contribution is 0.208. The Balaban J connectivity index is 1.73. The SMILES string of the molecule is COCCN1c2cc3c4c([nH]c3cc2C(C)(C)S1=O)-c1[nH]ncc1CCC4. The second-order valence-electron chi connectivity index (χ2n) is 7.87. The summed E-state index contributed by atoms with van der Waals surface area (Å²) < 4.78 is 20.0. The number of H-pyrrole nitrogens is 2. The molecule has 2 aromatic heterocycles. The van der Waals surface area contributed by atoms with Crippen molar-refractivity contribution in [2.24, 2.45) is 0 Å². The van der Waals surface area contributed by atoms with Crippen molar-refractivity contribution >= 4 is 27.6 Å². The highest BCUT2D eigenvalue weighted by molar-refractivity contribution is 7.87. The van der Waals surface area contributed by atoms with Crippen LogP contribution in [0.5, 0.6) is 0 Å². The van der Waals surface area contributed by atoms with Crippen LogP contribution >= 0.6 is 0 Å². The van der Waals surface area contributed by atoms with Crippen molar-refractivity contribution in [2.45, 2.75) is 37.9 Å². The van der Waals surface area contributed by atoms with Crippen LogP contribution in [0.2, 0.25) is 0 Å². The number of hydrogen-bond donors (Lipinski definition) is 2. The summed E-state index contributed by atoms with van der Waals surface area (Å²) >= 11 is 0. The largest absolute Gasteiger partial charge is 0.383 e. The molecule has 0 radical (unpaired) electrons. The first-order valence-corrected chi connectivity index (χ1v) is 10.5. The molecule has 27 heavy (non-hydrogen) atoms. The summed E-state index contributed by atoms with van der Waals surface area (Å²) in [5, 5.41) is 8.65. The molecule has 142 valence electrons. The fourth-order valence-electron chi connectivity index (χ4n) is 4.46. The first-order valence-electron chi connectivity index (χ1n) is 9.42. The van der Waals surface area contributed by atoms with Gasteiger partial charge in [-0.1, -0.05) is 0 Å². The maximum Gasteiger partial charge on any atom is 0.130 e. The first-order chi connectivity index (χ1) is 13.0. The molecule has 0 saturated carbocycles. The van der Waals surface area contributed by atoms with E-state index in [1.165, 1.54) is 16.5 Å². The third-order valence-corrected chi connectivity index (χ3v) is 7.79. The minimum Gasteiger partial charge on any atom is -0.383 e. The lowest BCUT2D eigenvalue weighted by Gasteiger charge is -2.21. The van der Waals surface area contributed by atoms with Gasteiger partial charge in [0.1, 0.15) is 11.0 Å². The second-order valence-corrected chi connectivity index (χ2v) is 9.83. The minimum atomic E-state index is -1.11. The molecule has 0 saturated heterocycles. The third-order valence-electron chi connectivity index (χ3n) is 5.92. The van der Waals surface area contributed by atoms with Crippen molar-refractivity contribution in [1.29, 1.82) is 0 Å². The summed E-state index contributed by atoms with van der Waals surface area (Å²) in [6, 6.07) is 4.42. The summed E-state index contributed by atoms with van der Waals surface area (Å²) in [5.74, 6) is 0. The van der Waals surface area contributed by atoms with Crippen molar-refractivity contribution in [1.82, 2.24) is 15.2 Å². The fourth-order valence-corrected chi connectivity index (χ4v) is 5.93. The van der Waals surface area contributed by atoms with E-state index in [4.69, 9.17) is 4.74 Å². The number of aromatic nitrogens is 3. The van der Waals surface area contributed by atoms with E-state index in [1.807, 2.05) is 10.5 Å². The molecule has 0 fully saturated rings. The molecule has 0 spiro atoms. The monoisotopic (exact) mass is 384 g/mol. The number of hydrogen-bond acceptors (Lipinski definition) is 3. The van der Waals surface area contributed by atoms with E-state index in [-0.39, 0.29) is 0 Å². The molecule has 0 amide bonds. The van der Waals surface area contributed by atoms with E-state index in [1.54, 1.807) is 7.11 Å². The Bertz CT molecular complexity index is 1070. The van der Waals surface area contributed by atoms with E-state index in [0.29, 0.717) is 13.2 Å². The zero-order chi connectivity index (χ0) is 18.8. The number of methoxy groups -OCH3 is 1. The number of anilines is 1. The van der Waals surface area contributed by atoms with Crippen molar-refractivity contribution in [3.63, 3.8) is 0 Å². The zero-order valence-electron chi connectivity index (χ0n) is 15.9. The molecule has 1 atom stereocenters. The summed E-state index contributed by atoms with van der Waals surface area (Å²) in [6.07, 6.45) is 5.11. The topological polar surface area (TPSA) is 74.0 Å². The number of aryl methyl sites for hydroxylation is 2. The molecule has 6 nitrogen and oxygen atoms in total. The average molecular weight is 385 g/mol. The van der Waals surface area contributed by atoms with Crippen molar-refractivity contribution in [2.75, 3.05) is 24.6 Å². The average Bonchev–Trinajstić information content (AvgIpc) is 3.26. The molecular formula is C20H24N4O2S. The van der Waals surface area contributed by atoms with Gasteiger partial charge in [-0.15, -0.1) is 0 Å². The van der Waals surface area contributed by atoms with Gasteiger partial charge >= 0.3 is 0 Å². The molecule has 1 unspecified atom stereocenters. The number of nitrogens with one attached hydrogen (secondary N) is 2. The Kier molecular flexibility index (Phi) is 3.74. The maximum absolute atomic E-state index is 13.1. The van der Waals surface area contributed by atoms with Gasteiger partial charge in [0.25, 0.3) is 0 Å². The van der Waals surface area contributed by atoms with Crippen LogP contribution < -0.4 is 4.31 Å². The van der Waals surface area contributed by atoms with Gasteiger partial charge < -0.3 is 9.72 Å². The van der Waals surface area contributed by atoms with Crippen LogP contribution in [-0.2, 0) is 33.3 Å². The predicted octanol–water partition coefficient (Wildman–Crippen LogP) is 3.41. The number of aromatic amines is 2. The fraction of sp³-hybridized carbons (Fsp3) is 0.450. The van der Waals surface area contributed by atoms with Gasteiger partial charge in [0, 0.05) is 18.0 Å². The summed E-state index contributed by atoms with van der Waals surface area (Å²) in [6.45, 7) is 5.30. The normalized spacial score (nSPS) is 20.4. The first kappa shape index (κ1) is 17.0. The predicted molar refractivity (Wildman–Crippen MR) is 108 cm³/mol. The molecule has 1 aliphatic carbocycles. The van der Waals surface area contributed by atoms with Gasteiger partial charge in [0.05, 0.1) is 41.2 Å². The van der Waals surface area contributed by atoms with Crippen LogP contribution in [0, 0.1) is 0 Å². The van der Waals surface area contributed by atoms with Gasteiger partial charge in [-0.2, -0.15) is 5.10 Å². The van der Waals surface area contributed by atoms with Crippen molar-refractivity contribution < 1.29 is 8.95 Å². The van der Waals surface area contributed by atoms with Gasteiger partial charge in [-0.25, -0.2) is 4.21 Å². The molecule has 2 aliphatic rings. The van der Waals surface area contributed by atoms with Crippen LogP contribution in [0.3, 0.4) is 0 Å². The van der Waals surface area contributed by atoms with Crippen molar-refractivity contribution in [3.05, 3.63) is 35.0 Å². The van der Waals surface area contributed by atoms with E-state index in [2.05, 4.69) is 41.2 Å². The molecule has 1 aliphatic heterocycles. The van der Waals surface area contributed by atoms with Gasteiger partial charge in [-0.3, -0.25) is 9.40 Å². The van der Waals surface area contributed by atoms with E-state index in [9.17, 15) is 4.21 Å². The highest BCUT2D eigenvalue weighted by Gasteiger charge is 2.43. The second kappa shape index (κ2) is 5.94. The highest BCUT2D eigenvalue weighted by atomic mass is 32.2. The molecular weight excluding hydrogens is 360 g/mol. The molecule has 1 aromatic carbocycles. The Labute approximate surface area is 160 Å².